The van der Waals surface area contributed by atoms with E-state index in [1.807, 2.05) is 6.20 Å². The van der Waals surface area contributed by atoms with Crippen LogP contribution in [0, 0.1) is 6.92 Å². The molecule has 1 aliphatic heterocycles. The van der Waals surface area contributed by atoms with Gasteiger partial charge < -0.3 is 4.90 Å². The average Bonchev–Trinajstić information content (AvgIpc) is 2.35. The van der Waals surface area contributed by atoms with Gasteiger partial charge in [-0.15, -0.1) is 0 Å². The molecule has 0 N–H and O–H groups in total. The minimum absolute atomic E-state index is 1.12. The molecule has 1 aliphatic rings. The van der Waals surface area contributed by atoms with Crippen molar-refractivity contribution in [1.82, 2.24) is 4.98 Å². The highest BCUT2D eigenvalue weighted by atomic mass is 15.2. The summed E-state index contributed by atoms with van der Waals surface area (Å²) < 4.78 is 0. The smallest absolute Gasteiger partial charge is 0.131 e. The highest BCUT2D eigenvalue weighted by molar-refractivity contribution is 5.54. The molecule has 1 aromatic heterocycles. The third kappa shape index (κ3) is 0.897. The molecule has 0 atom stereocenters. The monoisotopic (exact) mass is 148 g/mol. The maximum absolute atomic E-state index is 4.33. The Morgan fingerprint density at radius 3 is 3.09 bits per heavy atom. The van der Waals surface area contributed by atoms with Crippen LogP contribution in [0.15, 0.2) is 12.3 Å². The summed E-state index contributed by atoms with van der Waals surface area (Å²) in [5.74, 6) is 1.17. The highest BCUT2D eigenvalue weighted by Crippen LogP contribution is 2.25. The first-order valence-corrected chi connectivity index (χ1v) is 3.94. The second-order valence-corrected chi connectivity index (χ2v) is 3.10. The summed E-state index contributed by atoms with van der Waals surface area (Å²) >= 11 is 0. The van der Waals surface area contributed by atoms with E-state index in [0.29, 0.717) is 0 Å². The van der Waals surface area contributed by atoms with E-state index in [1.54, 1.807) is 0 Å². The lowest BCUT2D eigenvalue weighted by Crippen LogP contribution is -2.13. The van der Waals surface area contributed by atoms with Gasteiger partial charge in [0.05, 0.1) is 0 Å². The Balaban J connectivity index is 2.57. The molecule has 11 heavy (non-hydrogen) atoms. The molecule has 2 heteroatoms. The number of aromatic nitrogens is 1. The van der Waals surface area contributed by atoms with Crippen molar-refractivity contribution in [1.29, 1.82) is 0 Å². The zero-order valence-electron chi connectivity index (χ0n) is 6.96. The summed E-state index contributed by atoms with van der Waals surface area (Å²) in [7, 11) is 2.10. The van der Waals surface area contributed by atoms with Gasteiger partial charge in [-0.05, 0) is 30.5 Å². The van der Waals surface area contributed by atoms with E-state index in [0.717, 1.165) is 13.0 Å². The molecule has 0 radical (unpaired) electrons. The molecule has 2 rings (SSSR count). The average molecular weight is 148 g/mol. The predicted octanol–water partition coefficient (Wildman–Crippen LogP) is 1.38. The molecule has 0 spiro atoms. The number of aryl methyl sites for hydroxylation is 1. The van der Waals surface area contributed by atoms with E-state index in [4.69, 9.17) is 0 Å². The molecule has 0 unspecified atom stereocenters. The second-order valence-electron chi connectivity index (χ2n) is 3.10. The van der Waals surface area contributed by atoms with E-state index in [9.17, 15) is 0 Å². The van der Waals surface area contributed by atoms with Gasteiger partial charge in [-0.1, -0.05) is 0 Å². The van der Waals surface area contributed by atoms with Gasteiger partial charge >= 0.3 is 0 Å². The fourth-order valence-corrected chi connectivity index (χ4v) is 1.60. The van der Waals surface area contributed by atoms with Crippen molar-refractivity contribution in [2.24, 2.45) is 0 Å². The van der Waals surface area contributed by atoms with Crippen LogP contribution >= 0.6 is 0 Å². The van der Waals surface area contributed by atoms with Crippen molar-refractivity contribution in [3.05, 3.63) is 23.4 Å². The van der Waals surface area contributed by atoms with E-state index in [1.165, 1.54) is 16.9 Å². The van der Waals surface area contributed by atoms with Crippen LogP contribution in [0.2, 0.25) is 0 Å². The van der Waals surface area contributed by atoms with Gasteiger partial charge in [0.2, 0.25) is 0 Å². The Kier molecular flexibility index (Phi) is 1.34. The number of likely N-dealkylation sites (N-methyl/N-ethyl adjacent to an activating group) is 1. The second kappa shape index (κ2) is 2.22. The first-order valence-electron chi connectivity index (χ1n) is 3.94. The lowest BCUT2D eigenvalue weighted by molar-refractivity contribution is 0.944. The van der Waals surface area contributed by atoms with Crippen LogP contribution in [0.4, 0.5) is 5.82 Å². The van der Waals surface area contributed by atoms with Crippen molar-refractivity contribution in [3.8, 4) is 0 Å². The van der Waals surface area contributed by atoms with Crippen molar-refractivity contribution in [2.45, 2.75) is 13.3 Å². The van der Waals surface area contributed by atoms with Crippen molar-refractivity contribution < 1.29 is 0 Å². The lowest BCUT2D eigenvalue weighted by Gasteiger charge is -2.09. The largest absolute Gasteiger partial charge is 0.359 e. The third-order valence-electron chi connectivity index (χ3n) is 2.33. The van der Waals surface area contributed by atoms with Gasteiger partial charge in [-0.3, -0.25) is 0 Å². The van der Waals surface area contributed by atoms with Gasteiger partial charge in [0, 0.05) is 19.8 Å². The van der Waals surface area contributed by atoms with Crippen LogP contribution in [0.3, 0.4) is 0 Å². The number of hydrogen-bond acceptors (Lipinski definition) is 2. The standard InChI is InChI=1S/C9H12N2/c1-7-3-5-10-9-8(7)4-6-11(9)2/h3,5H,4,6H2,1-2H3. The fourth-order valence-electron chi connectivity index (χ4n) is 1.60. The summed E-state index contributed by atoms with van der Waals surface area (Å²) in [6.07, 6.45) is 3.04. The zero-order valence-corrected chi connectivity index (χ0v) is 6.96. The number of nitrogens with zero attached hydrogens (tertiary/aromatic N) is 2. The minimum atomic E-state index is 1.12. The molecule has 0 aromatic carbocycles. The first-order chi connectivity index (χ1) is 5.29. The minimum Gasteiger partial charge on any atom is -0.359 e. The first kappa shape index (κ1) is 6.65. The Hall–Kier alpha value is -1.05. The van der Waals surface area contributed by atoms with Crippen LogP contribution in [0.5, 0.6) is 0 Å². The van der Waals surface area contributed by atoms with Crippen molar-refractivity contribution in [3.63, 3.8) is 0 Å². The summed E-state index contributed by atoms with van der Waals surface area (Å²) in [4.78, 5) is 6.54. The Morgan fingerprint density at radius 2 is 2.36 bits per heavy atom. The van der Waals surface area contributed by atoms with Gasteiger partial charge in [0.25, 0.3) is 0 Å². The molecule has 1 aromatic rings. The molecule has 2 heterocycles. The quantitative estimate of drug-likeness (QED) is 0.552. The number of anilines is 1. The van der Waals surface area contributed by atoms with E-state index >= 15 is 0 Å². The predicted molar refractivity (Wildman–Crippen MR) is 45.9 cm³/mol. The molecule has 0 fully saturated rings. The lowest BCUT2D eigenvalue weighted by atomic mass is 10.1. The van der Waals surface area contributed by atoms with Crippen molar-refractivity contribution in [2.75, 3.05) is 18.5 Å². The van der Waals surface area contributed by atoms with Crippen LogP contribution in [0.25, 0.3) is 0 Å². The number of pyridine rings is 1. The number of fused-ring (bicyclic) bond motifs is 1. The molecular weight excluding hydrogens is 136 g/mol. The van der Waals surface area contributed by atoms with Crippen molar-refractivity contribution >= 4 is 5.82 Å². The van der Waals surface area contributed by atoms with E-state index < -0.39 is 0 Å². The van der Waals surface area contributed by atoms with Gasteiger partial charge in [0.1, 0.15) is 5.82 Å². The molecule has 0 saturated carbocycles. The fraction of sp³-hybridized carbons (Fsp3) is 0.444. The molecular formula is C9H12N2. The molecule has 0 amide bonds. The summed E-state index contributed by atoms with van der Waals surface area (Å²) in [5.41, 5.74) is 2.80. The highest BCUT2D eigenvalue weighted by Gasteiger charge is 2.17. The summed E-state index contributed by atoms with van der Waals surface area (Å²) in [6, 6.07) is 2.08. The van der Waals surface area contributed by atoms with Gasteiger partial charge in [-0.25, -0.2) is 4.98 Å². The zero-order chi connectivity index (χ0) is 7.84. The van der Waals surface area contributed by atoms with Gasteiger partial charge in [-0.2, -0.15) is 0 Å². The normalized spacial score (nSPS) is 15.3. The van der Waals surface area contributed by atoms with E-state index in [-0.39, 0.29) is 0 Å². The summed E-state index contributed by atoms with van der Waals surface area (Å²) in [6.45, 7) is 3.27. The maximum Gasteiger partial charge on any atom is 0.131 e. The third-order valence-corrected chi connectivity index (χ3v) is 2.33. The topological polar surface area (TPSA) is 16.1 Å². The molecule has 0 aliphatic carbocycles. The Morgan fingerprint density at radius 1 is 1.55 bits per heavy atom. The molecule has 0 saturated heterocycles. The Labute approximate surface area is 66.9 Å². The molecule has 0 bridgehead atoms. The van der Waals surface area contributed by atoms with Crippen LogP contribution in [-0.2, 0) is 6.42 Å². The molecule has 2 nitrogen and oxygen atoms in total. The van der Waals surface area contributed by atoms with E-state index in [2.05, 4.69) is 29.9 Å². The van der Waals surface area contributed by atoms with Crippen LogP contribution < -0.4 is 4.90 Å². The van der Waals surface area contributed by atoms with Crippen LogP contribution in [-0.4, -0.2) is 18.6 Å². The number of hydrogen-bond donors (Lipinski definition) is 0. The van der Waals surface area contributed by atoms with Crippen LogP contribution in [0.1, 0.15) is 11.1 Å². The summed E-state index contributed by atoms with van der Waals surface area (Å²) in [5, 5.41) is 0. The molecule has 58 valence electrons. The SMILES string of the molecule is Cc1ccnc2c1CCN2C. The Bertz CT molecular complexity index is 281. The maximum atomic E-state index is 4.33. The number of rotatable bonds is 0. The van der Waals surface area contributed by atoms with Gasteiger partial charge in [0.15, 0.2) is 0 Å².